The summed E-state index contributed by atoms with van der Waals surface area (Å²) in [5, 5.41) is 0. The first kappa shape index (κ1) is 10.0. The van der Waals surface area contributed by atoms with Crippen LogP contribution in [0.2, 0.25) is 0 Å². The maximum atomic E-state index is 5.98. The third kappa shape index (κ3) is 2.01. The highest BCUT2D eigenvalue weighted by atomic mass is 14.7. The van der Waals surface area contributed by atoms with E-state index in [2.05, 4.69) is 27.7 Å². The highest BCUT2D eigenvalue weighted by molar-refractivity contribution is 4.89. The summed E-state index contributed by atoms with van der Waals surface area (Å²) in [4.78, 5) is 0. The van der Waals surface area contributed by atoms with Crippen LogP contribution in [-0.2, 0) is 0 Å². The Morgan fingerprint density at radius 2 is 1.83 bits per heavy atom. The summed E-state index contributed by atoms with van der Waals surface area (Å²) in [6, 6.07) is 0.386. The molecule has 0 aromatic rings. The molecule has 72 valence electrons. The van der Waals surface area contributed by atoms with Gasteiger partial charge in [-0.15, -0.1) is 0 Å². The number of hydrogen-bond acceptors (Lipinski definition) is 1. The zero-order valence-electron chi connectivity index (χ0n) is 8.93. The summed E-state index contributed by atoms with van der Waals surface area (Å²) in [5.41, 5.74) is 6.44. The van der Waals surface area contributed by atoms with Crippen LogP contribution in [0.3, 0.4) is 0 Å². The number of nitrogens with two attached hydrogens (primary N) is 1. The van der Waals surface area contributed by atoms with Gasteiger partial charge in [0.15, 0.2) is 0 Å². The van der Waals surface area contributed by atoms with Crippen molar-refractivity contribution in [2.45, 2.75) is 53.0 Å². The van der Waals surface area contributed by atoms with Crippen LogP contribution in [0.15, 0.2) is 0 Å². The van der Waals surface area contributed by atoms with Crippen LogP contribution in [0.5, 0.6) is 0 Å². The molecule has 0 bridgehead atoms. The normalized spacial score (nSPS) is 33.8. The Hall–Kier alpha value is -0.0400. The summed E-state index contributed by atoms with van der Waals surface area (Å²) < 4.78 is 0. The van der Waals surface area contributed by atoms with Crippen LogP contribution in [0.1, 0.15) is 47.0 Å². The van der Waals surface area contributed by atoms with Crippen molar-refractivity contribution in [1.82, 2.24) is 0 Å². The predicted octanol–water partition coefficient (Wildman–Crippen LogP) is 2.80. The Morgan fingerprint density at radius 3 is 2.17 bits per heavy atom. The SMILES string of the molecule is CC(N)C1CCCC1C(C)(C)C. The Kier molecular flexibility index (Phi) is 2.82. The Bertz CT molecular complexity index is 144. The van der Waals surface area contributed by atoms with Crippen LogP contribution in [-0.4, -0.2) is 6.04 Å². The van der Waals surface area contributed by atoms with E-state index in [1.807, 2.05) is 0 Å². The predicted molar refractivity (Wildman–Crippen MR) is 53.9 cm³/mol. The van der Waals surface area contributed by atoms with Crippen molar-refractivity contribution in [2.24, 2.45) is 23.0 Å². The average Bonchev–Trinajstić information content (AvgIpc) is 2.30. The summed E-state index contributed by atoms with van der Waals surface area (Å²) in [5.74, 6) is 1.61. The van der Waals surface area contributed by atoms with Gasteiger partial charge in [-0.05, 0) is 37.0 Å². The Morgan fingerprint density at radius 1 is 1.25 bits per heavy atom. The first-order valence-electron chi connectivity index (χ1n) is 5.18. The van der Waals surface area contributed by atoms with Crippen molar-refractivity contribution in [3.05, 3.63) is 0 Å². The summed E-state index contributed by atoms with van der Waals surface area (Å²) in [6.45, 7) is 9.20. The van der Waals surface area contributed by atoms with E-state index in [0.717, 1.165) is 11.8 Å². The van der Waals surface area contributed by atoms with Gasteiger partial charge in [0.1, 0.15) is 0 Å². The summed E-state index contributed by atoms with van der Waals surface area (Å²) in [6.07, 6.45) is 4.11. The van der Waals surface area contributed by atoms with Gasteiger partial charge in [0.25, 0.3) is 0 Å². The van der Waals surface area contributed by atoms with E-state index in [1.165, 1.54) is 19.3 Å². The van der Waals surface area contributed by atoms with E-state index >= 15 is 0 Å². The zero-order valence-corrected chi connectivity index (χ0v) is 8.93. The molecule has 1 rings (SSSR count). The summed E-state index contributed by atoms with van der Waals surface area (Å²) >= 11 is 0. The molecule has 3 atom stereocenters. The molecule has 1 heteroatoms. The van der Waals surface area contributed by atoms with Gasteiger partial charge in [-0.3, -0.25) is 0 Å². The maximum absolute atomic E-state index is 5.98. The lowest BCUT2D eigenvalue weighted by Gasteiger charge is -2.34. The molecule has 1 aliphatic rings. The third-order valence-electron chi connectivity index (χ3n) is 3.36. The second-order valence-corrected chi connectivity index (χ2v) is 5.43. The van der Waals surface area contributed by atoms with Crippen molar-refractivity contribution in [1.29, 1.82) is 0 Å². The van der Waals surface area contributed by atoms with Gasteiger partial charge in [-0.25, -0.2) is 0 Å². The van der Waals surface area contributed by atoms with Crippen LogP contribution in [0.4, 0.5) is 0 Å². The van der Waals surface area contributed by atoms with Crippen LogP contribution in [0.25, 0.3) is 0 Å². The lowest BCUT2D eigenvalue weighted by molar-refractivity contribution is 0.170. The first-order chi connectivity index (χ1) is 5.43. The molecule has 1 fully saturated rings. The van der Waals surface area contributed by atoms with Crippen molar-refractivity contribution < 1.29 is 0 Å². The van der Waals surface area contributed by atoms with Gasteiger partial charge >= 0.3 is 0 Å². The minimum atomic E-state index is 0.386. The van der Waals surface area contributed by atoms with Crippen molar-refractivity contribution in [2.75, 3.05) is 0 Å². The molecule has 1 aliphatic carbocycles. The van der Waals surface area contributed by atoms with Crippen LogP contribution < -0.4 is 5.73 Å². The molecule has 1 nitrogen and oxygen atoms in total. The van der Waals surface area contributed by atoms with E-state index in [9.17, 15) is 0 Å². The fourth-order valence-electron chi connectivity index (χ4n) is 2.69. The second-order valence-electron chi connectivity index (χ2n) is 5.43. The molecule has 0 spiro atoms. The minimum Gasteiger partial charge on any atom is -0.328 e. The van der Waals surface area contributed by atoms with Crippen molar-refractivity contribution in [3.8, 4) is 0 Å². The van der Waals surface area contributed by atoms with E-state index in [1.54, 1.807) is 0 Å². The third-order valence-corrected chi connectivity index (χ3v) is 3.36. The molecule has 1 saturated carbocycles. The quantitative estimate of drug-likeness (QED) is 0.642. The minimum absolute atomic E-state index is 0.386. The van der Waals surface area contributed by atoms with Gasteiger partial charge in [0.2, 0.25) is 0 Å². The maximum Gasteiger partial charge on any atom is 0.00416 e. The van der Waals surface area contributed by atoms with Crippen LogP contribution in [0, 0.1) is 17.3 Å². The zero-order chi connectivity index (χ0) is 9.35. The first-order valence-corrected chi connectivity index (χ1v) is 5.18. The highest BCUT2D eigenvalue weighted by Crippen LogP contribution is 2.44. The van der Waals surface area contributed by atoms with E-state index in [-0.39, 0.29) is 0 Å². The molecule has 0 aromatic heterocycles. The fraction of sp³-hybridized carbons (Fsp3) is 1.00. The van der Waals surface area contributed by atoms with Gasteiger partial charge < -0.3 is 5.73 Å². The molecule has 0 amide bonds. The molecular formula is C11H23N. The van der Waals surface area contributed by atoms with E-state index < -0.39 is 0 Å². The van der Waals surface area contributed by atoms with E-state index in [0.29, 0.717) is 11.5 Å². The van der Waals surface area contributed by atoms with Gasteiger partial charge in [0, 0.05) is 6.04 Å². The number of rotatable bonds is 1. The van der Waals surface area contributed by atoms with Crippen LogP contribution >= 0.6 is 0 Å². The highest BCUT2D eigenvalue weighted by Gasteiger charge is 2.37. The molecular weight excluding hydrogens is 146 g/mol. The molecule has 0 radical (unpaired) electrons. The average molecular weight is 169 g/mol. The monoisotopic (exact) mass is 169 g/mol. The number of hydrogen-bond donors (Lipinski definition) is 1. The largest absolute Gasteiger partial charge is 0.328 e. The smallest absolute Gasteiger partial charge is 0.00416 e. The molecule has 3 unspecified atom stereocenters. The second kappa shape index (κ2) is 3.37. The van der Waals surface area contributed by atoms with Gasteiger partial charge in [0.05, 0.1) is 0 Å². The Balaban J connectivity index is 2.64. The van der Waals surface area contributed by atoms with Crippen molar-refractivity contribution >= 4 is 0 Å². The summed E-state index contributed by atoms with van der Waals surface area (Å²) in [7, 11) is 0. The molecule has 12 heavy (non-hydrogen) atoms. The van der Waals surface area contributed by atoms with Gasteiger partial charge in [-0.2, -0.15) is 0 Å². The van der Waals surface area contributed by atoms with E-state index in [4.69, 9.17) is 5.73 Å². The molecule has 0 heterocycles. The topological polar surface area (TPSA) is 26.0 Å². The molecule has 0 aromatic carbocycles. The standard InChI is InChI=1S/C11H23N/c1-8(12)9-6-5-7-10(9)11(2,3)4/h8-10H,5-7,12H2,1-4H3. The van der Waals surface area contributed by atoms with Gasteiger partial charge in [-0.1, -0.05) is 27.2 Å². The molecule has 0 aliphatic heterocycles. The fourth-order valence-corrected chi connectivity index (χ4v) is 2.69. The molecule has 0 saturated heterocycles. The lowest BCUT2D eigenvalue weighted by atomic mass is 9.73. The Labute approximate surface area is 76.7 Å². The van der Waals surface area contributed by atoms with Crippen molar-refractivity contribution in [3.63, 3.8) is 0 Å². The molecule has 2 N–H and O–H groups in total. The lowest BCUT2D eigenvalue weighted by Crippen LogP contribution is -2.35.